The van der Waals surface area contributed by atoms with E-state index in [9.17, 15) is 4.79 Å². The van der Waals surface area contributed by atoms with Crippen molar-refractivity contribution in [2.75, 3.05) is 20.3 Å². The number of nitrogens with zero attached hydrogens (tertiary/aromatic N) is 6. The smallest absolute Gasteiger partial charge is 0.341 e. The predicted molar refractivity (Wildman–Crippen MR) is 128 cm³/mol. The third-order valence-electron chi connectivity index (χ3n) is 6.06. The maximum Gasteiger partial charge on any atom is 0.341 e. The van der Waals surface area contributed by atoms with E-state index in [0.717, 1.165) is 25.0 Å². The second-order valence-corrected chi connectivity index (χ2v) is 8.33. The number of aryl methyl sites for hydroxylation is 2. The van der Waals surface area contributed by atoms with Gasteiger partial charge >= 0.3 is 5.97 Å². The van der Waals surface area contributed by atoms with Gasteiger partial charge in [0.05, 0.1) is 38.3 Å². The third kappa shape index (κ3) is 4.68. The standard InChI is InChI=1S/C25H28N6O4/c1-3-34-24(32)18-14-26-31(16-18)25-28-20-15-27-30(22(20)23(29-25)33-2)12-7-13-35-21-11-6-9-17-8-4-5-10-19(17)21/h6,9,11,14-16H,3-5,7-8,10,12-13H2,1-2H3. The van der Waals surface area contributed by atoms with Gasteiger partial charge in [0.15, 0.2) is 0 Å². The van der Waals surface area contributed by atoms with E-state index in [1.807, 2.05) is 4.68 Å². The molecule has 1 aliphatic rings. The molecule has 1 aromatic carbocycles. The Morgan fingerprint density at radius 1 is 1.11 bits per heavy atom. The fraction of sp³-hybridized carbons (Fsp3) is 0.400. The molecular weight excluding hydrogens is 448 g/mol. The summed E-state index contributed by atoms with van der Waals surface area (Å²) in [5.41, 5.74) is 4.42. The number of carbonyl (C=O) groups excluding carboxylic acids is 1. The van der Waals surface area contributed by atoms with Crippen LogP contribution in [0.5, 0.6) is 11.6 Å². The molecule has 0 bridgehead atoms. The van der Waals surface area contributed by atoms with Crippen molar-refractivity contribution in [1.82, 2.24) is 29.5 Å². The molecule has 4 aromatic rings. The number of hydrogen-bond donors (Lipinski definition) is 0. The van der Waals surface area contributed by atoms with Crippen molar-refractivity contribution in [3.8, 4) is 17.6 Å². The maximum absolute atomic E-state index is 11.9. The second kappa shape index (κ2) is 10.1. The van der Waals surface area contributed by atoms with Crippen molar-refractivity contribution in [3.05, 3.63) is 53.5 Å². The van der Waals surface area contributed by atoms with Crippen LogP contribution in [0.2, 0.25) is 0 Å². The molecule has 3 aromatic heterocycles. The van der Waals surface area contributed by atoms with Gasteiger partial charge in [-0.3, -0.25) is 4.68 Å². The van der Waals surface area contributed by atoms with Gasteiger partial charge in [0, 0.05) is 19.2 Å². The van der Waals surface area contributed by atoms with Crippen molar-refractivity contribution in [2.24, 2.45) is 0 Å². The Morgan fingerprint density at radius 3 is 2.86 bits per heavy atom. The van der Waals surface area contributed by atoms with Crippen LogP contribution in [0.15, 0.2) is 36.8 Å². The first-order valence-corrected chi connectivity index (χ1v) is 11.9. The Bertz CT molecular complexity index is 1350. The van der Waals surface area contributed by atoms with Crippen LogP contribution >= 0.6 is 0 Å². The minimum atomic E-state index is -0.446. The van der Waals surface area contributed by atoms with Gasteiger partial charge in [-0.15, -0.1) is 0 Å². The fourth-order valence-electron chi connectivity index (χ4n) is 4.40. The number of aromatic nitrogens is 6. The average molecular weight is 477 g/mol. The van der Waals surface area contributed by atoms with E-state index in [4.69, 9.17) is 14.2 Å². The summed E-state index contributed by atoms with van der Waals surface area (Å²) in [6, 6.07) is 6.35. The monoisotopic (exact) mass is 476 g/mol. The Hall–Kier alpha value is -3.95. The lowest BCUT2D eigenvalue weighted by molar-refractivity contribution is 0.0526. The van der Waals surface area contributed by atoms with Crippen molar-refractivity contribution >= 4 is 17.0 Å². The van der Waals surface area contributed by atoms with Crippen molar-refractivity contribution in [3.63, 3.8) is 0 Å². The van der Waals surface area contributed by atoms with E-state index in [2.05, 4.69) is 38.4 Å². The summed E-state index contributed by atoms with van der Waals surface area (Å²) in [5.74, 6) is 1.22. The van der Waals surface area contributed by atoms with Crippen LogP contribution in [-0.4, -0.2) is 55.8 Å². The van der Waals surface area contributed by atoms with E-state index in [0.29, 0.717) is 35.6 Å². The van der Waals surface area contributed by atoms with Crippen molar-refractivity contribution in [2.45, 2.75) is 45.6 Å². The first kappa shape index (κ1) is 22.8. The lowest BCUT2D eigenvalue weighted by Crippen LogP contribution is -2.10. The highest BCUT2D eigenvalue weighted by molar-refractivity contribution is 5.88. The van der Waals surface area contributed by atoms with Gasteiger partial charge in [0.1, 0.15) is 16.8 Å². The Labute approximate surface area is 202 Å². The summed E-state index contributed by atoms with van der Waals surface area (Å²) in [6.07, 6.45) is 10.1. The van der Waals surface area contributed by atoms with E-state index in [1.54, 1.807) is 20.2 Å². The van der Waals surface area contributed by atoms with Gasteiger partial charge in [-0.05, 0) is 49.8 Å². The first-order valence-electron chi connectivity index (χ1n) is 11.9. The molecular formula is C25H28N6O4. The normalized spacial score (nSPS) is 13.0. The highest BCUT2D eigenvalue weighted by Gasteiger charge is 2.18. The molecule has 0 saturated heterocycles. The Balaban J connectivity index is 1.29. The number of fused-ring (bicyclic) bond motifs is 2. The first-order chi connectivity index (χ1) is 17.2. The van der Waals surface area contributed by atoms with Gasteiger partial charge in [-0.25, -0.2) is 14.5 Å². The molecule has 0 aliphatic heterocycles. The van der Waals surface area contributed by atoms with Crippen LogP contribution in [0, 0.1) is 0 Å². The van der Waals surface area contributed by atoms with Crippen LogP contribution in [0.25, 0.3) is 17.0 Å². The number of benzene rings is 1. The van der Waals surface area contributed by atoms with Crippen molar-refractivity contribution < 1.29 is 19.0 Å². The molecule has 35 heavy (non-hydrogen) atoms. The van der Waals surface area contributed by atoms with Gasteiger partial charge in [-0.2, -0.15) is 15.2 Å². The molecule has 0 saturated carbocycles. The molecule has 0 spiro atoms. The summed E-state index contributed by atoms with van der Waals surface area (Å²) >= 11 is 0. The van der Waals surface area contributed by atoms with E-state index < -0.39 is 5.97 Å². The van der Waals surface area contributed by atoms with Gasteiger partial charge in [-0.1, -0.05) is 12.1 Å². The summed E-state index contributed by atoms with van der Waals surface area (Å²) < 4.78 is 19.9. The molecule has 182 valence electrons. The number of carbonyl (C=O) groups is 1. The maximum atomic E-state index is 11.9. The minimum absolute atomic E-state index is 0.279. The van der Waals surface area contributed by atoms with E-state index in [1.165, 1.54) is 41.0 Å². The average Bonchev–Trinajstić information content (AvgIpc) is 3.54. The highest BCUT2D eigenvalue weighted by atomic mass is 16.5. The molecule has 5 rings (SSSR count). The lowest BCUT2D eigenvalue weighted by atomic mass is 9.91. The fourth-order valence-corrected chi connectivity index (χ4v) is 4.40. The van der Waals surface area contributed by atoms with Crippen LogP contribution in [0.1, 0.15) is 47.7 Å². The zero-order valence-electron chi connectivity index (χ0n) is 19.9. The van der Waals surface area contributed by atoms with Crippen LogP contribution in [-0.2, 0) is 24.1 Å². The van der Waals surface area contributed by atoms with E-state index >= 15 is 0 Å². The lowest BCUT2D eigenvalue weighted by Gasteiger charge is -2.19. The van der Waals surface area contributed by atoms with E-state index in [-0.39, 0.29) is 12.6 Å². The number of esters is 1. The number of hydrogen-bond acceptors (Lipinski definition) is 8. The Kier molecular flexibility index (Phi) is 6.60. The number of rotatable bonds is 9. The van der Waals surface area contributed by atoms with Gasteiger partial charge < -0.3 is 14.2 Å². The molecule has 0 N–H and O–H groups in total. The van der Waals surface area contributed by atoms with Crippen LogP contribution < -0.4 is 9.47 Å². The molecule has 10 nitrogen and oxygen atoms in total. The third-order valence-corrected chi connectivity index (χ3v) is 6.06. The minimum Gasteiger partial charge on any atom is -0.493 e. The molecule has 0 atom stereocenters. The topological polar surface area (TPSA) is 106 Å². The molecule has 0 amide bonds. The van der Waals surface area contributed by atoms with Crippen LogP contribution in [0.4, 0.5) is 0 Å². The summed E-state index contributed by atoms with van der Waals surface area (Å²) in [6.45, 7) is 3.26. The van der Waals surface area contributed by atoms with Crippen molar-refractivity contribution in [1.29, 1.82) is 0 Å². The highest BCUT2D eigenvalue weighted by Crippen LogP contribution is 2.30. The largest absolute Gasteiger partial charge is 0.493 e. The summed E-state index contributed by atoms with van der Waals surface area (Å²) in [7, 11) is 1.55. The number of ether oxygens (including phenoxy) is 3. The van der Waals surface area contributed by atoms with Gasteiger partial charge in [0.25, 0.3) is 5.95 Å². The zero-order chi connectivity index (χ0) is 24.2. The van der Waals surface area contributed by atoms with Gasteiger partial charge in [0.2, 0.25) is 5.88 Å². The zero-order valence-corrected chi connectivity index (χ0v) is 19.9. The second-order valence-electron chi connectivity index (χ2n) is 8.33. The number of methoxy groups -OCH3 is 1. The molecule has 10 heteroatoms. The SMILES string of the molecule is CCOC(=O)c1cnn(-c2nc(OC)c3c(cnn3CCCOc3cccc4c3CCCC4)n2)c1. The molecule has 0 fully saturated rings. The summed E-state index contributed by atoms with van der Waals surface area (Å²) in [4.78, 5) is 21.0. The summed E-state index contributed by atoms with van der Waals surface area (Å²) in [5, 5.41) is 8.68. The molecule has 0 unspecified atom stereocenters. The Morgan fingerprint density at radius 2 is 2.00 bits per heavy atom. The molecule has 1 aliphatic carbocycles. The quantitative estimate of drug-likeness (QED) is 0.267. The van der Waals surface area contributed by atoms with Crippen LogP contribution in [0.3, 0.4) is 0 Å². The molecule has 3 heterocycles. The molecule has 0 radical (unpaired) electrons. The predicted octanol–water partition coefficient (Wildman–Crippen LogP) is 3.55.